The van der Waals surface area contributed by atoms with E-state index in [2.05, 4.69) is 39.5 Å². The lowest BCUT2D eigenvalue weighted by atomic mass is 10.1. The predicted molar refractivity (Wildman–Crippen MR) is 92.3 cm³/mol. The molecule has 0 heterocycles. The van der Waals surface area contributed by atoms with Gasteiger partial charge >= 0.3 is 0 Å². The Morgan fingerprint density at radius 2 is 1.95 bits per heavy atom. The quantitative estimate of drug-likeness (QED) is 0.456. The van der Waals surface area contributed by atoms with E-state index in [1.54, 1.807) is 7.11 Å². The van der Waals surface area contributed by atoms with Crippen molar-refractivity contribution < 1.29 is 4.74 Å². The van der Waals surface area contributed by atoms with Crippen molar-refractivity contribution in [2.24, 2.45) is 5.14 Å². The average Bonchev–Trinajstić information content (AvgIpc) is 2.44. The zero-order valence-corrected chi connectivity index (χ0v) is 14.1. The molecule has 0 radical (unpaired) electrons. The van der Waals surface area contributed by atoms with Crippen LogP contribution < -0.4 is 9.88 Å². The number of aryl methyl sites for hydroxylation is 1. The summed E-state index contributed by atoms with van der Waals surface area (Å²) in [6.45, 7) is 9.96. The first kappa shape index (κ1) is 19.1. The maximum Gasteiger partial charge on any atom is 0.119 e. The summed E-state index contributed by atoms with van der Waals surface area (Å²) in [6.07, 6.45) is 6.67. The van der Waals surface area contributed by atoms with Crippen LogP contribution in [0.2, 0.25) is 0 Å². The number of unbranched alkanes of at least 4 members (excludes halogenated alkanes) is 2. The van der Waals surface area contributed by atoms with Crippen LogP contribution in [-0.2, 0) is 6.42 Å². The summed E-state index contributed by atoms with van der Waals surface area (Å²) >= 11 is 1.38. The Hall–Kier alpha value is -0.930. The summed E-state index contributed by atoms with van der Waals surface area (Å²) in [6, 6.07) is 8.28. The molecular weight excluding hydrogens is 266 g/mol. The fourth-order valence-corrected chi connectivity index (χ4v) is 1.45. The monoisotopic (exact) mass is 295 g/mol. The second-order valence-corrected chi connectivity index (χ2v) is 7.08. The fraction of sp³-hybridized carbons (Fsp3) is 0.529. The van der Waals surface area contributed by atoms with Gasteiger partial charge in [-0.25, -0.2) is 0 Å². The van der Waals surface area contributed by atoms with E-state index in [4.69, 9.17) is 9.88 Å². The Kier molecular flexibility index (Phi) is 10.3. The topological polar surface area (TPSA) is 35.2 Å². The highest BCUT2D eigenvalue weighted by atomic mass is 32.2. The van der Waals surface area contributed by atoms with Crippen LogP contribution in [0.15, 0.2) is 36.9 Å². The standard InChI is InChI=1S/C13H18O.C4H11NS/c1-3-4-5-6-8-12-9-7-10-13(11-12)14-2;1-4(2,3)6-5/h3,7,9-11H,1,4-6,8H2,2H3;5H2,1-3H3. The van der Waals surface area contributed by atoms with Gasteiger partial charge in [-0.3, -0.25) is 5.14 Å². The number of ether oxygens (including phenoxy) is 1. The summed E-state index contributed by atoms with van der Waals surface area (Å²) in [7, 11) is 1.71. The molecule has 0 aliphatic rings. The zero-order valence-electron chi connectivity index (χ0n) is 13.3. The van der Waals surface area contributed by atoms with E-state index in [1.807, 2.05) is 18.2 Å². The van der Waals surface area contributed by atoms with Crippen molar-refractivity contribution in [3.8, 4) is 5.75 Å². The maximum atomic E-state index is 5.22. The molecule has 114 valence electrons. The lowest BCUT2D eigenvalue weighted by molar-refractivity contribution is 0.414. The van der Waals surface area contributed by atoms with Gasteiger partial charge in [-0.05, 0) is 64.2 Å². The molecule has 2 nitrogen and oxygen atoms in total. The van der Waals surface area contributed by atoms with Crippen molar-refractivity contribution in [2.75, 3.05) is 7.11 Å². The van der Waals surface area contributed by atoms with Crippen LogP contribution in [0.4, 0.5) is 0 Å². The molecule has 0 unspecified atom stereocenters. The molecule has 0 aliphatic heterocycles. The molecule has 0 aliphatic carbocycles. The SMILES string of the molecule is C=CCCCCc1cccc(OC)c1.CC(C)(C)SN. The van der Waals surface area contributed by atoms with Crippen molar-refractivity contribution in [1.29, 1.82) is 0 Å². The number of allylic oxidation sites excluding steroid dienone is 1. The van der Waals surface area contributed by atoms with E-state index in [9.17, 15) is 0 Å². The Morgan fingerprint density at radius 1 is 1.30 bits per heavy atom. The third-order valence-corrected chi connectivity index (χ3v) is 3.32. The Labute approximate surface area is 128 Å². The molecule has 1 aromatic carbocycles. The first-order chi connectivity index (χ1) is 9.42. The average molecular weight is 295 g/mol. The van der Waals surface area contributed by atoms with Gasteiger partial charge in [0.25, 0.3) is 0 Å². The molecule has 0 spiro atoms. The molecule has 0 fully saturated rings. The summed E-state index contributed by atoms with van der Waals surface area (Å²) in [5.74, 6) is 0.950. The molecule has 0 aromatic heterocycles. The van der Waals surface area contributed by atoms with Gasteiger partial charge < -0.3 is 4.74 Å². The third-order valence-electron chi connectivity index (χ3n) is 2.61. The van der Waals surface area contributed by atoms with Gasteiger partial charge in [-0.2, -0.15) is 0 Å². The van der Waals surface area contributed by atoms with E-state index in [0.29, 0.717) is 0 Å². The van der Waals surface area contributed by atoms with Crippen molar-refractivity contribution in [1.82, 2.24) is 0 Å². The molecule has 0 saturated heterocycles. The molecule has 20 heavy (non-hydrogen) atoms. The van der Waals surface area contributed by atoms with Gasteiger partial charge in [0.15, 0.2) is 0 Å². The summed E-state index contributed by atoms with van der Waals surface area (Å²) in [4.78, 5) is 0. The summed E-state index contributed by atoms with van der Waals surface area (Å²) in [5.41, 5.74) is 1.36. The molecule has 3 heteroatoms. The minimum atomic E-state index is 0.236. The third kappa shape index (κ3) is 10.9. The minimum absolute atomic E-state index is 0.236. The zero-order chi connectivity index (χ0) is 15.4. The second-order valence-electron chi connectivity index (χ2n) is 5.62. The van der Waals surface area contributed by atoms with Gasteiger partial charge in [0.2, 0.25) is 0 Å². The van der Waals surface area contributed by atoms with Crippen LogP contribution in [0.1, 0.15) is 45.6 Å². The van der Waals surface area contributed by atoms with Crippen LogP contribution in [0, 0.1) is 0 Å². The lowest BCUT2D eigenvalue weighted by Crippen LogP contribution is -2.09. The van der Waals surface area contributed by atoms with E-state index >= 15 is 0 Å². The normalized spacial score (nSPS) is 10.4. The Bertz CT molecular complexity index is 371. The molecule has 1 aromatic rings. The van der Waals surface area contributed by atoms with Gasteiger partial charge in [-0.15, -0.1) is 6.58 Å². The lowest BCUT2D eigenvalue weighted by Gasteiger charge is -2.11. The largest absolute Gasteiger partial charge is 0.497 e. The van der Waals surface area contributed by atoms with Gasteiger partial charge in [0, 0.05) is 4.75 Å². The summed E-state index contributed by atoms with van der Waals surface area (Å²) in [5, 5.41) is 5.22. The number of benzene rings is 1. The molecule has 1 rings (SSSR count). The first-order valence-electron chi connectivity index (χ1n) is 7.04. The van der Waals surface area contributed by atoms with Crippen molar-refractivity contribution in [3.05, 3.63) is 42.5 Å². The number of rotatable bonds is 6. The van der Waals surface area contributed by atoms with E-state index in [0.717, 1.165) is 18.6 Å². The second kappa shape index (κ2) is 10.8. The van der Waals surface area contributed by atoms with Crippen LogP contribution >= 0.6 is 11.9 Å². The first-order valence-corrected chi connectivity index (χ1v) is 7.92. The highest BCUT2D eigenvalue weighted by molar-refractivity contribution is 7.98. The van der Waals surface area contributed by atoms with Crippen molar-refractivity contribution in [2.45, 2.75) is 51.2 Å². The van der Waals surface area contributed by atoms with E-state index in [-0.39, 0.29) is 4.75 Å². The smallest absolute Gasteiger partial charge is 0.119 e. The maximum absolute atomic E-state index is 5.22. The van der Waals surface area contributed by atoms with Gasteiger partial charge in [-0.1, -0.05) is 30.2 Å². The Balaban J connectivity index is 0.000000511. The number of nitrogens with two attached hydrogens (primary N) is 1. The van der Waals surface area contributed by atoms with Crippen LogP contribution in [0.5, 0.6) is 5.75 Å². The molecule has 0 saturated carbocycles. The molecule has 0 bridgehead atoms. The minimum Gasteiger partial charge on any atom is -0.497 e. The van der Waals surface area contributed by atoms with Crippen LogP contribution in [0.25, 0.3) is 0 Å². The van der Waals surface area contributed by atoms with Crippen LogP contribution in [0.3, 0.4) is 0 Å². The number of hydrogen-bond donors (Lipinski definition) is 1. The molecule has 0 amide bonds. The highest BCUT2D eigenvalue weighted by Crippen LogP contribution is 2.15. The highest BCUT2D eigenvalue weighted by Gasteiger charge is 2.05. The van der Waals surface area contributed by atoms with E-state index in [1.165, 1.54) is 30.4 Å². The van der Waals surface area contributed by atoms with Crippen molar-refractivity contribution >= 4 is 11.9 Å². The fourth-order valence-electron chi connectivity index (χ4n) is 1.45. The Morgan fingerprint density at radius 3 is 2.45 bits per heavy atom. The van der Waals surface area contributed by atoms with Crippen molar-refractivity contribution in [3.63, 3.8) is 0 Å². The molecule has 0 atom stereocenters. The van der Waals surface area contributed by atoms with E-state index < -0.39 is 0 Å². The molecular formula is C17H29NOS. The number of methoxy groups -OCH3 is 1. The predicted octanol–water partition coefficient (Wildman–Crippen LogP) is 4.99. The number of hydrogen-bond acceptors (Lipinski definition) is 3. The summed E-state index contributed by atoms with van der Waals surface area (Å²) < 4.78 is 5.40. The molecule has 2 N–H and O–H groups in total. The van der Waals surface area contributed by atoms with Crippen LogP contribution in [-0.4, -0.2) is 11.9 Å². The van der Waals surface area contributed by atoms with Gasteiger partial charge in [0.05, 0.1) is 7.11 Å². The van der Waals surface area contributed by atoms with Gasteiger partial charge in [0.1, 0.15) is 5.75 Å².